The van der Waals surface area contributed by atoms with Gasteiger partial charge >= 0.3 is 0 Å². The van der Waals surface area contributed by atoms with Gasteiger partial charge in [-0.3, -0.25) is 4.79 Å². The van der Waals surface area contributed by atoms with Gasteiger partial charge in [0.15, 0.2) is 0 Å². The van der Waals surface area contributed by atoms with E-state index in [1.54, 1.807) is 18.0 Å². The molecule has 1 fully saturated rings. The molecule has 0 N–H and O–H groups in total. The molecule has 0 spiro atoms. The number of anilines is 2. The van der Waals surface area contributed by atoms with Crippen LogP contribution in [0.5, 0.6) is 0 Å². The SMILES string of the molecule is C=C1C(C#N)=CN(Cc2ccc(Cl)cc2)c2cc(N3CCN(C(C)=O)CC3)c(F)cc21. The minimum Gasteiger partial charge on any atom is -0.366 e. The topological polar surface area (TPSA) is 50.6 Å². The normalized spacial score (nSPS) is 16.0. The molecule has 0 unspecified atom stereocenters. The number of hydrogen-bond acceptors (Lipinski definition) is 4. The maximum atomic E-state index is 15.1. The molecule has 0 aromatic heterocycles. The van der Waals surface area contributed by atoms with Gasteiger partial charge in [0.25, 0.3) is 0 Å². The lowest BCUT2D eigenvalue weighted by Gasteiger charge is -2.37. The number of carbonyl (C=O) groups excluding carboxylic acids is 1. The molecule has 0 aliphatic carbocycles. The second-order valence-electron chi connectivity index (χ2n) is 7.70. The van der Waals surface area contributed by atoms with Crippen molar-refractivity contribution in [2.45, 2.75) is 13.5 Å². The Kier molecular flexibility index (Phi) is 5.71. The van der Waals surface area contributed by atoms with E-state index in [9.17, 15) is 10.1 Å². The van der Waals surface area contributed by atoms with Crippen molar-refractivity contribution in [2.24, 2.45) is 0 Å². The van der Waals surface area contributed by atoms with Crippen LogP contribution in [0.3, 0.4) is 0 Å². The van der Waals surface area contributed by atoms with Crippen LogP contribution < -0.4 is 9.80 Å². The van der Waals surface area contributed by atoms with E-state index in [0.717, 1.165) is 11.3 Å². The molecule has 0 atom stereocenters. The Labute approximate surface area is 186 Å². The monoisotopic (exact) mass is 436 g/mol. The van der Waals surface area contributed by atoms with Crippen LogP contribution in [0.25, 0.3) is 5.57 Å². The minimum atomic E-state index is -0.359. The average molecular weight is 437 g/mol. The molecular formula is C24H22ClFN4O. The number of piperazine rings is 1. The van der Waals surface area contributed by atoms with E-state index in [-0.39, 0.29) is 11.7 Å². The summed E-state index contributed by atoms with van der Waals surface area (Å²) < 4.78 is 15.1. The summed E-state index contributed by atoms with van der Waals surface area (Å²) in [5.41, 5.74) is 3.82. The third-order valence-electron chi connectivity index (χ3n) is 5.76. The molecule has 0 saturated carbocycles. The van der Waals surface area contributed by atoms with Crippen molar-refractivity contribution in [3.8, 4) is 6.07 Å². The van der Waals surface area contributed by atoms with Gasteiger partial charge in [-0.15, -0.1) is 0 Å². The molecule has 0 bridgehead atoms. The zero-order chi connectivity index (χ0) is 22.1. The van der Waals surface area contributed by atoms with Gasteiger partial charge in [-0.1, -0.05) is 30.3 Å². The molecule has 2 aliphatic heterocycles. The van der Waals surface area contributed by atoms with Gasteiger partial charge in [0.1, 0.15) is 11.9 Å². The van der Waals surface area contributed by atoms with Crippen molar-refractivity contribution < 1.29 is 9.18 Å². The summed E-state index contributed by atoms with van der Waals surface area (Å²) in [6.45, 7) is 8.32. The molecule has 158 valence electrons. The standard InChI is InChI=1S/C24H22ClFN4O/c1-16-19(13-27)15-30(14-18-3-5-20(25)6-4-18)23-12-24(22(26)11-21(16)23)29-9-7-28(8-10-29)17(2)31/h3-6,11-12,15H,1,7-10,14H2,2H3. The fourth-order valence-electron chi connectivity index (χ4n) is 4.00. The van der Waals surface area contributed by atoms with Crippen LogP contribution in [0, 0.1) is 17.1 Å². The molecule has 4 rings (SSSR count). The van der Waals surface area contributed by atoms with E-state index >= 15 is 4.39 Å². The second kappa shape index (κ2) is 8.44. The first-order chi connectivity index (χ1) is 14.9. The van der Waals surface area contributed by atoms with Crippen molar-refractivity contribution in [2.75, 3.05) is 36.0 Å². The third kappa shape index (κ3) is 4.14. The highest BCUT2D eigenvalue weighted by Gasteiger charge is 2.27. The predicted octanol–water partition coefficient (Wildman–Crippen LogP) is 4.59. The molecule has 1 amide bonds. The highest BCUT2D eigenvalue weighted by molar-refractivity contribution is 6.30. The molecule has 0 radical (unpaired) electrons. The fraction of sp³-hybridized carbons (Fsp3) is 0.250. The minimum absolute atomic E-state index is 0.0326. The molecule has 7 heteroatoms. The molecule has 5 nitrogen and oxygen atoms in total. The van der Waals surface area contributed by atoms with Crippen molar-refractivity contribution in [3.63, 3.8) is 0 Å². The van der Waals surface area contributed by atoms with Crippen molar-refractivity contribution in [1.82, 2.24) is 4.90 Å². The molecule has 2 heterocycles. The number of allylic oxidation sites excluding steroid dienone is 2. The zero-order valence-electron chi connectivity index (χ0n) is 17.2. The van der Waals surface area contributed by atoms with Crippen molar-refractivity contribution in [3.05, 3.63) is 76.7 Å². The Hall–Kier alpha value is -3.30. The number of fused-ring (bicyclic) bond motifs is 1. The van der Waals surface area contributed by atoms with Gasteiger partial charge in [-0.25, -0.2) is 4.39 Å². The zero-order valence-corrected chi connectivity index (χ0v) is 18.0. The average Bonchev–Trinajstić information content (AvgIpc) is 2.77. The third-order valence-corrected chi connectivity index (χ3v) is 6.01. The van der Waals surface area contributed by atoms with Gasteiger partial charge < -0.3 is 14.7 Å². The van der Waals surface area contributed by atoms with Crippen molar-refractivity contribution >= 4 is 34.5 Å². The molecule has 2 aromatic carbocycles. The summed E-state index contributed by atoms with van der Waals surface area (Å²) in [4.78, 5) is 17.3. The van der Waals surface area contributed by atoms with E-state index in [0.29, 0.717) is 60.1 Å². The Balaban J connectivity index is 1.69. The maximum absolute atomic E-state index is 15.1. The second-order valence-corrected chi connectivity index (χ2v) is 8.14. The van der Waals surface area contributed by atoms with E-state index in [1.165, 1.54) is 6.07 Å². The molecule has 1 saturated heterocycles. The van der Waals surface area contributed by atoms with E-state index in [4.69, 9.17) is 11.6 Å². The van der Waals surface area contributed by atoms with Crippen molar-refractivity contribution in [1.29, 1.82) is 5.26 Å². The van der Waals surface area contributed by atoms with Crippen LogP contribution in [-0.2, 0) is 11.3 Å². The van der Waals surface area contributed by atoms with Crippen LogP contribution in [0.1, 0.15) is 18.1 Å². The Morgan fingerprint density at radius 3 is 2.45 bits per heavy atom. The predicted molar refractivity (Wildman–Crippen MR) is 121 cm³/mol. The lowest BCUT2D eigenvalue weighted by Crippen LogP contribution is -2.48. The highest BCUT2D eigenvalue weighted by Crippen LogP contribution is 2.40. The van der Waals surface area contributed by atoms with Crippen LogP contribution in [0.4, 0.5) is 15.8 Å². The first-order valence-corrected chi connectivity index (χ1v) is 10.4. The first kappa shape index (κ1) is 21.0. The Morgan fingerprint density at radius 1 is 1.16 bits per heavy atom. The van der Waals surface area contributed by atoms with E-state index in [1.807, 2.05) is 40.1 Å². The van der Waals surface area contributed by atoms with Gasteiger partial charge in [-0.05, 0) is 35.4 Å². The summed E-state index contributed by atoms with van der Waals surface area (Å²) in [5, 5.41) is 10.2. The number of rotatable bonds is 3. The molecular weight excluding hydrogens is 415 g/mol. The lowest BCUT2D eigenvalue weighted by molar-refractivity contribution is -0.129. The Morgan fingerprint density at radius 2 is 1.84 bits per heavy atom. The number of amides is 1. The lowest BCUT2D eigenvalue weighted by atomic mass is 9.94. The van der Waals surface area contributed by atoms with Gasteiger partial charge in [-0.2, -0.15) is 5.26 Å². The van der Waals surface area contributed by atoms with Gasteiger partial charge in [0.2, 0.25) is 5.91 Å². The maximum Gasteiger partial charge on any atom is 0.219 e. The number of nitriles is 1. The highest BCUT2D eigenvalue weighted by atomic mass is 35.5. The quantitative estimate of drug-likeness (QED) is 0.706. The number of benzene rings is 2. The van der Waals surface area contributed by atoms with E-state index in [2.05, 4.69) is 12.6 Å². The largest absolute Gasteiger partial charge is 0.366 e. The van der Waals surface area contributed by atoms with Crippen LogP contribution in [0.15, 0.2) is 54.8 Å². The summed E-state index contributed by atoms with van der Waals surface area (Å²) in [6, 6.07) is 12.9. The van der Waals surface area contributed by atoms with Gasteiger partial charge in [0.05, 0.1) is 16.9 Å². The summed E-state index contributed by atoms with van der Waals surface area (Å²) in [6.07, 6.45) is 1.76. The summed E-state index contributed by atoms with van der Waals surface area (Å²) >= 11 is 6.00. The smallest absolute Gasteiger partial charge is 0.219 e. The van der Waals surface area contributed by atoms with Crippen LogP contribution >= 0.6 is 11.6 Å². The van der Waals surface area contributed by atoms with E-state index < -0.39 is 0 Å². The fourth-order valence-corrected chi connectivity index (χ4v) is 4.12. The first-order valence-electron chi connectivity index (χ1n) is 10.0. The van der Waals surface area contributed by atoms with Gasteiger partial charge in [0, 0.05) is 56.4 Å². The van der Waals surface area contributed by atoms with Crippen LogP contribution in [-0.4, -0.2) is 37.0 Å². The summed E-state index contributed by atoms with van der Waals surface area (Å²) in [7, 11) is 0. The number of hydrogen-bond donors (Lipinski definition) is 0. The van der Waals surface area contributed by atoms with Crippen LogP contribution in [0.2, 0.25) is 5.02 Å². The number of halogens is 2. The molecule has 2 aliphatic rings. The number of nitrogens with zero attached hydrogens (tertiary/aromatic N) is 4. The molecule has 31 heavy (non-hydrogen) atoms. The molecule has 2 aromatic rings. The number of carbonyl (C=O) groups is 1. The Bertz CT molecular complexity index is 1110. The summed E-state index contributed by atoms with van der Waals surface area (Å²) in [5.74, 6) is -0.327.